The van der Waals surface area contributed by atoms with Gasteiger partial charge in [-0.2, -0.15) is 0 Å². The number of nitrogens with one attached hydrogen (secondary N) is 1. The van der Waals surface area contributed by atoms with E-state index in [1.165, 1.54) is 0 Å². The molecule has 3 rings (SSSR count). The monoisotopic (exact) mass is 487 g/mol. The van der Waals surface area contributed by atoms with Gasteiger partial charge in [-0.25, -0.2) is 0 Å². The van der Waals surface area contributed by atoms with Gasteiger partial charge in [0.2, 0.25) is 0 Å². The molecule has 0 radical (unpaired) electrons. The van der Waals surface area contributed by atoms with Crippen molar-refractivity contribution < 1.29 is 23.5 Å². The maximum atomic E-state index is 12.7. The van der Waals surface area contributed by atoms with E-state index in [1.807, 2.05) is 29.6 Å². The van der Waals surface area contributed by atoms with Gasteiger partial charge < -0.3 is 16.2 Å². The molecule has 0 saturated heterocycles. The largest absolute Gasteiger partial charge is 0.698 e. The van der Waals surface area contributed by atoms with Crippen LogP contribution in [-0.2, 0) is 13.6 Å². The Morgan fingerprint density at radius 2 is 1.94 bits per heavy atom. The first-order chi connectivity index (χ1) is 15.6. The van der Waals surface area contributed by atoms with Crippen LogP contribution in [0.2, 0.25) is 0 Å². The maximum Gasteiger partial charge on any atom is 0.698 e. The number of carbonyl (C=O) groups is 1. The zero-order valence-electron chi connectivity index (χ0n) is 18.8. The predicted octanol–water partition coefficient (Wildman–Crippen LogP) is 6.16. The lowest BCUT2D eigenvalue weighted by molar-refractivity contribution is 0.0524. The fourth-order valence-electron chi connectivity index (χ4n) is 2.95. The van der Waals surface area contributed by atoms with Crippen LogP contribution in [0, 0.1) is 0 Å². The molecule has 2 aromatic carbocycles. The van der Waals surface area contributed by atoms with E-state index < -0.39 is 20.0 Å². The van der Waals surface area contributed by atoms with E-state index in [0.717, 1.165) is 16.0 Å². The SMILES string of the molecule is CC(O[P+](=O)OCCC(C)(C)O)c1ccc(C(=O)Nc2cc(-c3cccs3)ccc2N)cc1. The number of carbonyl (C=O) groups excluding carboxylic acids is 1. The number of nitrogen functional groups attached to an aromatic ring is 1. The molecule has 9 heteroatoms. The lowest BCUT2D eigenvalue weighted by atomic mass is 10.1. The van der Waals surface area contributed by atoms with Gasteiger partial charge in [0.25, 0.3) is 5.91 Å². The fraction of sp³-hybridized carbons (Fsp3) is 0.292. The molecular weight excluding hydrogens is 459 g/mol. The minimum Gasteiger partial charge on any atom is -0.397 e. The van der Waals surface area contributed by atoms with E-state index in [4.69, 9.17) is 14.8 Å². The molecule has 0 bridgehead atoms. The molecule has 3 aromatic rings. The number of rotatable bonds is 10. The second-order valence-electron chi connectivity index (χ2n) is 8.22. The topological polar surface area (TPSA) is 111 Å². The number of benzene rings is 2. The van der Waals surface area contributed by atoms with Gasteiger partial charge in [0.15, 0.2) is 0 Å². The average Bonchev–Trinajstić information content (AvgIpc) is 3.29. The van der Waals surface area contributed by atoms with Gasteiger partial charge in [0.05, 0.1) is 17.0 Å². The molecule has 0 aliphatic heterocycles. The highest BCUT2D eigenvalue weighted by atomic mass is 32.1. The van der Waals surface area contributed by atoms with E-state index >= 15 is 0 Å². The van der Waals surface area contributed by atoms with Crippen molar-refractivity contribution in [3.63, 3.8) is 0 Å². The molecule has 33 heavy (non-hydrogen) atoms. The van der Waals surface area contributed by atoms with Crippen molar-refractivity contribution in [2.24, 2.45) is 0 Å². The molecule has 1 amide bonds. The average molecular weight is 488 g/mol. The van der Waals surface area contributed by atoms with Crippen LogP contribution in [0.4, 0.5) is 11.4 Å². The van der Waals surface area contributed by atoms with Crippen LogP contribution in [0.25, 0.3) is 10.4 Å². The van der Waals surface area contributed by atoms with Gasteiger partial charge in [-0.05, 0) is 67.6 Å². The van der Waals surface area contributed by atoms with Crippen LogP contribution in [0.15, 0.2) is 60.0 Å². The van der Waals surface area contributed by atoms with Gasteiger partial charge >= 0.3 is 8.25 Å². The van der Waals surface area contributed by atoms with E-state index in [2.05, 4.69) is 5.32 Å². The molecule has 1 heterocycles. The highest BCUT2D eigenvalue weighted by Gasteiger charge is 2.27. The minimum atomic E-state index is -2.33. The smallest absolute Gasteiger partial charge is 0.397 e. The molecule has 0 aliphatic carbocycles. The Morgan fingerprint density at radius 3 is 2.58 bits per heavy atom. The molecule has 0 saturated carbocycles. The number of hydrogen-bond acceptors (Lipinski definition) is 7. The van der Waals surface area contributed by atoms with Gasteiger partial charge in [-0.1, -0.05) is 24.3 Å². The molecule has 2 atom stereocenters. The number of thiophene rings is 1. The van der Waals surface area contributed by atoms with Gasteiger partial charge in [0, 0.05) is 21.4 Å². The Morgan fingerprint density at radius 1 is 1.21 bits per heavy atom. The molecule has 7 nitrogen and oxygen atoms in total. The second-order valence-corrected chi connectivity index (χ2v) is 10.1. The van der Waals surface area contributed by atoms with Gasteiger partial charge in [0.1, 0.15) is 12.7 Å². The first-order valence-electron chi connectivity index (χ1n) is 10.5. The molecular formula is C24H28N2O5PS+. The molecule has 4 N–H and O–H groups in total. The number of nitrogens with two attached hydrogens (primary N) is 1. The Hall–Kier alpha value is -2.61. The Balaban J connectivity index is 1.59. The summed E-state index contributed by atoms with van der Waals surface area (Å²) in [5.41, 5.74) is 8.38. The van der Waals surface area contributed by atoms with E-state index in [0.29, 0.717) is 23.4 Å². The summed E-state index contributed by atoms with van der Waals surface area (Å²) in [5, 5.41) is 14.5. The summed E-state index contributed by atoms with van der Waals surface area (Å²) in [6.07, 6.45) is -0.151. The standard InChI is InChI=1S/C24H27N2O5PS/c1-16(31-32(29)30-13-12-24(2,3)28)17-6-8-18(9-7-17)23(27)26-21-15-19(10-11-20(21)25)22-5-4-14-33-22/h4-11,14-16,28H,12-13,25H2,1-3H3/p+1. The highest BCUT2D eigenvalue weighted by molar-refractivity contribution is 7.33. The van der Waals surface area contributed by atoms with E-state index in [1.54, 1.807) is 62.4 Å². The normalized spacial score (nSPS) is 12.9. The summed E-state index contributed by atoms with van der Waals surface area (Å²) in [6.45, 7) is 5.18. The lowest BCUT2D eigenvalue weighted by Crippen LogP contribution is -2.20. The maximum absolute atomic E-state index is 12.7. The number of hydrogen-bond donors (Lipinski definition) is 3. The van der Waals surface area contributed by atoms with Gasteiger partial charge in [-0.15, -0.1) is 20.4 Å². The Bertz CT molecular complexity index is 1100. The molecule has 0 fully saturated rings. The summed E-state index contributed by atoms with van der Waals surface area (Å²) < 4.78 is 22.5. The molecule has 0 spiro atoms. The van der Waals surface area contributed by atoms with E-state index in [-0.39, 0.29) is 12.5 Å². The number of anilines is 2. The van der Waals surface area contributed by atoms with Crippen LogP contribution >= 0.6 is 19.6 Å². The molecule has 2 unspecified atom stereocenters. The van der Waals surface area contributed by atoms with Crippen molar-refractivity contribution in [1.82, 2.24) is 0 Å². The minimum absolute atomic E-state index is 0.126. The van der Waals surface area contributed by atoms with Crippen molar-refractivity contribution in [3.05, 3.63) is 71.1 Å². The quantitative estimate of drug-likeness (QED) is 0.233. The van der Waals surface area contributed by atoms with Crippen LogP contribution in [0.5, 0.6) is 0 Å². The summed E-state index contributed by atoms with van der Waals surface area (Å²) in [7, 11) is -2.33. The van der Waals surface area contributed by atoms with Crippen LogP contribution in [0.1, 0.15) is 49.2 Å². The Labute approximate surface area is 198 Å². The van der Waals surface area contributed by atoms with Crippen molar-refractivity contribution in [2.45, 2.75) is 38.9 Å². The van der Waals surface area contributed by atoms with Gasteiger partial charge in [-0.3, -0.25) is 4.79 Å². The third-order valence-electron chi connectivity index (χ3n) is 4.90. The third kappa shape index (κ3) is 7.45. The predicted molar refractivity (Wildman–Crippen MR) is 133 cm³/mol. The number of aliphatic hydroxyl groups is 1. The molecule has 0 aliphatic rings. The molecule has 174 valence electrons. The molecule has 1 aromatic heterocycles. The first kappa shape index (κ1) is 25.0. The van der Waals surface area contributed by atoms with Crippen LogP contribution in [0.3, 0.4) is 0 Å². The number of amides is 1. The first-order valence-corrected chi connectivity index (χ1v) is 12.4. The van der Waals surface area contributed by atoms with E-state index in [9.17, 15) is 14.5 Å². The third-order valence-corrected chi connectivity index (χ3v) is 6.70. The van der Waals surface area contributed by atoms with Crippen LogP contribution < -0.4 is 11.1 Å². The van der Waals surface area contributed by atoms with Crippen molar-refractivity contribution >= 4 is 36.9 Å². The fourth-order valence-corrected chi connectivity index (χ4v) is 4.36. The second kappa shape index (κ2) is 11.0. The zero-order valence-corrected chi connectivity index (χ0v) is 20.5. The summed E-state index contributed by atoms with van der Waals surface area (Å²) >= 11 is 1.61. The summed E-state index contributed by atoms with van der Waals surface area (Å²) in [5.74, 6) is -0.286. The van der Waals surface area contributed by atoms with Crippen LogP contribution in [-0.4, -0.2) is 23.2 Å². The highest BCUT2D eigenvalue weighted by Crippen LogP contribution is 2.34. The lowest BCUT2D eigenvalue weighted by Gasteiger charge is -2.14. The van der Waals surface area contributed by atoms with Crippen molar-refractivity contribution in [1.29, 1.82) is 0 Å². The van der Waals surface area contributed by atoms with Crippen molar-refractivity contribution in [2.75, 3.05) is 17.7 Å². The summed E-state index contributed by atoms with van der Waals surface area (Å²) in [4.78, 5) is 13.8. The zero-order chi connectivity index (χ0) is 24.0. The summed E-state index contributed by atoms with van der Waals surface area (Å²) in [6, 6.07) is 16.4. The van der Waals surface area contributed by atoms with Crippen molar-refractivity contribution in [3.8, 4) is 10.4 Å². The Kier molecular flexibility index (Phi) is 8.35.